The molecule has 0 aromatic heterocycles. The first-order valence-electron chi connectivity index (χ1n) is 9.20. The monoisotopic (exact) mass is 345 g/mol. The summed E-state index contributed by atoms with van der Waals surface area (Å²) < 4.78 is 0. The van der Waals surface area contributed by atoms with Crippen LogP contribution in [0.15, 0.2) is 24.3 Å². The Morgan fingerprint density at radius 1 is 1.12 bits per heavy atom. The molecule has 1 fully saturated rings. The summed E-state index contributed by atoms with van der Waals surface area (Å²) in [5, 5.41) is 6.26. The van der Waals surface area contributed by atoms with Crippen molar-refractivity contribution >= 4 is 11.7 Å². The Morgan fingerprint density at radius 2 is 1.76 bits per heavy atom. The lowest BCUT2D eigenvalue weighted by Crippen LogP contribution is -2.43. The lowest BCUT2D eigenvalue weighted by atomic mass is 9.95. The van der Waals surface area contributed by atoms with Gasteiger partial charge in [-0.2, -0.15) is 0 Å². The van der Waals surface area contributed by atoms with E-state index in [4.69, 9.17) is 0 Å². The second kappa shape index (κ2) is 9.11. The van der Waals surface area contributed by atoms with Crippen molar-refractivity contribution in [3.05, 3.63) is 35.4 Å². The molecular formula is C20H31N3O2. The molecule has 0 unspecified atom stereocenters. The zero-order chi connectivity index (χ0) is 18.3. The van der Waals surface area contributed by atoms with Crippen LogP contribution >= 0.6 is 0 Å². The Bertz CT molecular complexity index is 570. The van der Waals surface area contributed by atoms with Crippen molar-refractivity contribution in [2.24, 2.45) is 5.41 Å². The molecule has 1 aliphatic heterocycles. The highest BCUT2D eigenvalue weighted by Gasteiger charge is 2.20. The van der Waals surface area contributed by atoms with Gasteiger partial charge in [-0.1, -0.05) is 45.0 Å². The first-order chi connectivity index (χ1) is 11.9. The van der Waals surface area contributed by atoms with Crippen LogP contribution < -0.4 is 10.6 Å². The summed E-state index contributed by atoms with van der Waals surface area (Å²) in [6.45, 7) is 11.4. The van der Waals surface area contributed by atoms with Crippen molar-refractivity contribution in [2.45, 2.75) is 40.2 Å². The molecule has 25 heavy (non-hydrogen) atoms. The molecule has 0 atom stereocenters. The highest BCUT2D eigenvalue weighted by atomic mass is 16.2. The fourth-order valence-corrected chi connectivity index (χ4v) is 2.80. The third-order valence-corrected chi connectivity index (χ3v) is 4.50. The number of nitrogens with one attached hydrogen (secondary N) is 2. The molecule has 0 radical (unpaired) electrons. The zero-order valence-corrected chi connectivity index (χ0v) is 15.7. The summed E-state index contributed by atoms with van der Waals surface area (Å²) in [4.78, 5) is 26.6. The molecular weight excluding hydrogens is 314 g/mol. The summed E-state index contributed by atoms with van der Waals surface area (Å²) >= 11 is 0. The Morgan fingerprint density at radius 3 is 2.36 bits per heavy atom. The average molecular weight is 345 g/mol. The zero-order valence-electron chi connectivity index (χ0n) is 15.7. The van der Waals surface area contributed by atoms with Crippen molar-refractivity contribution in [3.63, 3.8) is 0 Å². The average Bonchev–Trinajstić information content (AvgIpc) is 2.60. The minimum atomic E-state index is -0.389. The summed E-state index contributed by atoms with van der Waals surface area (Å²) in [5.41, 5.74) is 1.38. The van der Waals surface area contributed by atoms with Gasteiger partial charge in [-0.15, -0.1) is 0 Å². The molecule has 1 aliphatic rings. The lowest BCUT2D eigenvalue weighted by molar-refractivity contribution is -0.128. The van der Waals surface area contributed by atoms with Gasteiger partial charge in [0.2, 0.25) is 5.91 Å². The van der Waals surface area contributed by atoms with Crippen LogP contribution in [0.5, 0.6) is 0 Å². The van der Waals surface area contributed by atoms with Gasteiger partial charge in [0.15, 0.2) is 5.78 Å². The van der Waals surface area contributed by atoms with Crippen LogP contribution in [-0.4, -0.2) is 49.3 Å². The van der Waals surface area contributed by atoms with Crippen LogP contribution in [0.3, 0.4) is 0 Å². The minimum absolute atomic E-state index is 0.0283. The smallest absolute Gasteiger partial charge is 0.225 e. The second-order valence-corrected chi connectivity index (χ2v) is 7.75. The van der Waals surface area contributed by atoms with Crippen LogP contribution in [0.1, 0.15) is 49.5 Å². The number of hydrogen-bond donors (Lipinski definition) is 2. The maximum absolute atomic E-state index is 12.3. The largest absolute Gasteiger partial charge is 0.352 e. The van der Waals surface area contributed by atoms with E-state index in [0.29, 0.717) is 13.0 Å². The maximum Gasteiger partial charge on any atom is 0.225 e. The van der Waals surface area contributed by atoms with Crippen LogP contribution in [-0.2, 0) is 11.3 Å². The van der Waals surface area contributed by atoms with E-state index in [-0.39, 0.29) is 17.1 Å². The number of hydrogen-bond acceptors (Lipinski definition) is 4. The third kappa shape index (κ3) is 6.59. The van der Waals surface area contributed by atoms with Gasteiger partial charge >= 0.3 is 0 Å². The van der Waals surface area contributed by atoms with E-state index in [1.165, 1.54) is 0 Å². The van der Waals surface area contributed by atoms with E-state index in [2.05, 4.69) is 15.5 Å². The molecule has 0 bridgehead atoms. The Balaban J connectivity index is 1.74. The van der Waals surface area contributed by atoms with Gasteiger partial charge in [-0.05, 0) is 18.5 Å². The standard InChI is InChI=1S/C20H31N3O2/c1-20(2,3)19(25)22-15-16-6-8-17(9-7-16)18(24)5-4-12-23-13-10-21-11-14-23/h6-9,21H,4-5,10-15H2,1-3H3,(H,22,25). The van der Waals surface area contributed by atoms with E-state index in [1.54, 1.807) is 0 Å². The molecule has 0 saturated carbocycles. The van der Waals surface area contributed by atoms with Crippen molar-refractivity contribution in [1.82, 2.24) is 15.5 Å². The molecule has 1 saturated heterocycles. The second-order valence-electron chi connectivity index (χ2n) is 7.75. The molecule has 5 heteroatoms. The van der Waals surface area contributed by atoms with E-state index >= 15 is 0 Å². The number of piperazine rings is 1. The fraction of sp³-hybridized carbons (Fsp3) is 0.600. The highest BCUT2D eigenvalue weighted by Crippen LogP contribution is 2.13. The highest BCUT2D eigenvalue weighted by molar-refractivity contribution is 5.96. The number of ketones is 1. The molecule has 2 N–H and O–H groups in total. The van der Waals surface area contributed by atoms with Gasteiger partial charge in [-0.25, -0.2) is 0 Å². The number of amides is 1. The van der Waals surface area contributed by atoms with Gasteiger partial charge in [0.25, 0.3) is 0 Å². The Labute approximate surface area is 151 Å². The van der Waals surface area contributed by atoms with Gasteiger partial charge in [0.1, 0.15) is 0 Å². The lowest BCUT2D eigenvalue weighted by Gasteiger charge is -2.26. The molecule has 1 aromatic rings. The first-order valence-corrected chi connectivity index (χ1v) is 9.20. The van der Waals surface area contributed by atoms with Crippen LogP contribution in [0, 0.1) is 5.41 Å². The molecule has 0 spiro atoms. The molecule has 138 valence electrons. The molecule has 1 amide bonds. The summed E-state index contributed by atoms with van der Waals surface area (Å²) in [7, 11) is 0. The summed E-state index contributed by atoms with van der Waals surface area (Å²) in [6, 6.07) is 7.58. The number of nitrogens with zero attached hydrogens (tertiary/aromatic N) is 1. The van der Waals surface area contributed by atoms with Crippen LogP contribution in [0.4, 0.5) is 0 Å². The maximum atomic E-state index is 12.3. The molecule has 2 rings (SSSR count). The van der Waals surface area contributed by atoms with E-state index in [1.807, 2.05) is 45.0 Å². The Kier molecular flexibility index (Phi) is 7.14. The number of carbonyl (C=O) groups is 2. The fourth-order valence-electron chi connectivity index (χ4n) is 2.80. The van der Waals surface area contributed by atoms with Gasteiger partial charge in [0, 0.05) is 50.1 Å². The molecule has 5 nitrogen and oxygen atoms in total. The van der Waals surface area contributed by atoms with Crippen LogP contribution in [0.25, 0.3) is 0 Å². The van der Waals surface area contributed by atoms with Crippen molar-refractivity contribution in [1.29, 1.82) is 0 Å². The number of benzene rings is 1. The molecule has 0 aliphatic carbocycles. The number of Topliss-reactive ketones (excluding diaryl/α,β-unsaturated/α-hetero) is 1. The quantitative estimate of drug-likeness (QED) is 0.744. The predicted molar refractivity (Wildman–Crippen MR) is 101 cm³/mol. The minimum Gasteiger partial charge on any atom is -0.352 e. The van der Waals surface area contributed by atoms with Gasteiger partial charge in [-0.3, -0.25) is 9.59 Å². The van der Waals surface area contributed by atoms with E-state index < -0.39 is 0 Å². The van der Waals surface area contributed by atoms with Crippen LogP contribution in [0.2, 0.25) is 0 Å². The van der Waals surface area contributed by atoms with E-state index in [9.17, 15) is 9.59 Å². The van der Waals surface area contributed by atoms with Gasteiger partial charge < -0.3 is 15.5 Å². The van der Waals surface area contributed by atoms with E-state index in [0.717, 1.165) is 50.3 Å². The normalized spacial score (nSPS) is 15.8. The summed E-state index contributed by atoms with van der Waals surface area (Å²) in [6.07, 6.45) is 1.49. The predicted octanol–water partition coefficient (Wildman–Crippen LogP) is 2.22. The van der Waals surface area contributed by atoms with Crippen molar-refractivity contribution < 1.29 is 9.59 Å². The SMILES string of the molecule is CC(C)(C)C(=O)NCc1ccc(C(=O)CCCN2CCNCC2)cc1. The third-order valence-electron chi connectivity index (χ3n) is 4.50. The van der Waals surface area contributed by atoms with Crippen molar-refractivity contribution in [3.8, 4) is 0 Å². The molecule has 1 heterocycles. The first kappa shape index (κ1) is 19.6. The van der Waals surface area contributed by atoms with Gasteiger partial charge in [0.05, 0.1) is 0 Å². The number of rotatable bonds is 7. The summed E-state index contributed by atoms with van der Waals surface area (Å²) in [5.74, 6) is 0.223. The topological polar surface area (TPSA) is 61.4 Å². The molecule has 1 aromatic carbocycles. The Hall–Kier alpha value is -1.72. The van der Waals surface area contributed by atoms with Crippen molar-refractivity contribution in [2.75, 3.05) is 32.7 Å². The number of carbonyl (C=O) groups excluding carboxylic acids is 2.